The Hall–Kier alpha value is -0.0800. The average Bonchev–Trinajstić information content (AvgIpc) is 2.83. The molecular weight excluding hydrogens is 222 g/mol. The second-order valence-electron chi connectivity index (χ2n) is 6.76. The fraction of sp³-hybridized carbons (Fsp3) is 1.00. The van der Waals surface area contributed by atoms with Gasteiger partial charge in [0.1, 0.15) is 0 Å². The third kappa shape index (κ3) is 2.60. The molecule has 1 heterocycles. The minimum atomic E-state index is -0.0513. The highest BCUT2D eigenvalue weighted by Crippen LogP contribution is 2.39. The van der Waals surface area contributed by atoms with Crippen LogP contribution < -0.4 is 0 Å². The molecule has 3 aliphatic rings. The van der Waals surface area contributed by atoms with Gasteiger partial charge in [-0.15, -0.1) is 0 Å². The van der Waals surface area contributed by atoms with Gasteiger partial charge in [-0.05, 0) is 51.0 Å². The van der Waals surface area contributed by atoms with Gasteiger partial charge in [-0.3, -0.25) is 4.90 Å². The number of fused-ring (bicyclic) bond motifs is 1. The molecule has 2 nitrogen and oxygen atoms in total. The molecule has 4 atom stereocenters. The number of aliphatic hydroxyl groups is 1. The van der Waals surface area contributed by atoms with Crippen molar-refractivity contribution in [2.24, 2.45) is 5.92 Å². The van der Waals surface area contributed by atoms with E-state index in [1.807, 2.05) is 0 Å². The third-order valence-corrected chi connectivity index (χ3v) is 5.66. The number of aliphatic hydroxyl groups excluding tert-OH is 1. The molecular formula is C16H29NO. The lowest BCUT2D eigenvalue weighted by Gasteiger charge is -2.45. The van der Waals surface area contributed by atoms with Crippen molar-refractivity contribution in [1.29, 1.82) is 0 Å². The quantitative estimate of drug-likeness (QED) is 0.772. The lowest BCUT2D eigenvalue weighted by Crippen LogP contribution is -2.53. The van der Waals surface area contributed by atoms with Crippen molar-refractivity contribution in [3.63, 3.8) is 0 Å². The van der Waals surface area contributed by atoms with E-state index in [2.05, 4.69) is 4.90 Å². The predicted octanol–water partition coefficient (Wildman–Crippen LogP) is 3.33. The summed E-state index contributed by atoms with van der Waals surface area (Å²) < 4.78 is 0. The van der Waals surface area contributed by atoms with Gasteiger partial charge in [0.2, 0.25) is 0 Å². The first kappa shape index (κ1) is 12.9. The number of rotatable bonds is 1. The summed E-state index contributed by atoms with van der Waals surface area (Å²) in [4.78, 5) is 2.73. The van der Waals surface area contributed by atoms with Gasteiger partial charge in [-0.1, -0.05) is 32.1 Å². The number of hydrogen-bond donors (Lipinski definition) is 1. The van der Waals surface area contributed by atoms with Gasteiger partial charge in [0.25, 0.3) is 0 Å². The van der Waals surface area contributed by atoms with Crippen LogP contribution in [0.3, 0.4) is 0 Å². The lowest BCUT2D eigenvalue weighted by molar-refractivity contribution is -0.0167. The zero-order valence-electron chi connectivity index (χ0n) is 11.7. The number of nitrogens with zero attached hydrogens (tertiary/aromatic N) is 1. The summed E-state index contributed by atoms with van der Waals surface area (Å²) in [7, 11) is 0. The molecule has 1 aliphatic heterocycles. The monoisotopic (exact) mass is 251 g/mol. The number of likely N-dealkylation sites (tertiary alicyclic amines) is 1. The van der Waals surface area contributed by atoms with E-state index in [9.17, 15) is 5.11 Å². The van der Waals surface area contributed by atoms with Crippen molar-refractivity contribution in [3.8, 4) is 0 Å². The van der Waals surface area contributed by atoms with Gasteiger partial charge in [0.05, 0.1) is 6.10 Å². The van der Waals surface area contributed by atoms with Crippen molar-refractivity contribution in [1.82, 2.24) is 4.90 Å². The van der Waals surface area contributed by atoms with Crippen LogP contribution in [0.1, 0.15) is 70.6 Å². The number of hydrogen-bond acceptors (Lipinski definition) is 2. The Balaban J connectivity index is 1.70. The zero-order valence-corrected chi connectivity index (χ0v) is 11.7. The summed E-state index contributed by atoms with van der Waals surface area (Å²) in [6.07, 6.45) is 14.6. The van der Waals surface area contributed by atoms with Gasteiger partial charge < -0.3 is 5.11 Å². The molecule has 104 valence electrons. The minimum Gasteiger partial charge on any atom is -0.391 e. The van der Waals surface area contributed by atoms with Crippen LogP contribution in [-0.2, 0) is 0 Å². The second kappa shape index (κ2) is 5.92. The summed E-state index contributed by atoms with van der Waals surface area (Å²) in [5.74, 6) is 0.955. The maximum Gasteiger partial charge on any atom is 0.0695 e. The maximum atomic E-state index is 10.5. The molecule has 2 saturated carbocycles. The molecule has 0 bridgehead atoms. The standard InChI is InChI=1S/C16H29NO/c18-16-11-4-2-1-3-9-15(16)17-12-6-8-13-7-5-10-14(13)17/h13-16,18H,1-12H2. The van der Waals surface area contributed by atoms with Crippen LogP contribution in [0, 0.1) is 5.92 Å². The first-order valence-electron chi connectivity index (χ1n) is 8.30. The van der Waals surface area contributed by atoms with Crippen molar-refractivity contribution < 1.29 is 5.11 Å². The Kier molecular flexibility index (Phi) is 4.25. The fourth-order valence-corrected chi connectivity index (χ4v) is 4.74. The normalized spacial score (nSPS) is 43.2. The van der Waals surface area contributed by atoms with E-state index in [4.69, 9.17) is 0 Å². The summed E-state index contributed by atoms with van der Waals surface area (Å²) in [6.45, 7) is 1.25. The second-order valence-corrected chi connectivity index (χ2v) is 6.76. The Labute approximate surface area is 112 Å². The molecule has 1 saturated heterocycles. The van der Waals surface area contributed by atoms with Crippen LogP contribution in [0.2, 0.25) is 0 Å². The Bertz CT molecular complexity index is 268. The molecule has 1 N–H and O–H groups in total. The molecule has 0 aromatic heterocycles. The molecule has 2 aliphatic carbocycles. The molecule has 18 heavy (non-hydrogen) atoms. The zero-order chi connectivity index (χ0) is 12.4. The van der Waals surface area contributed by atoms with Crippen molar-refractivity contribution in [2.75, 3.05) is 6.54 Å². The molecule has 0 radical (unpaired) electrons. The van der Waals surface area contributed by atoms with E-state index >= 15 is 0 Å². The van der Waals surface area contributed by atoms with E-state index < -0.39 is 0 Å². The lowest BCUT2D eigenvalue weighted by atomic mass is 9.86. The highest BCUT2D eigenvalue weighted by molar-refractivity contribution is 4.94. The third-order valence-electron chi connectivity index (χ3n) is 5.66. The summed E-state index contributed by atoms with van der Waals surface area (Å²) in [6, 6.07) is 1.30. The molecule has 3 rings (SSSR count). The minimum absolute atomic E-state index is 0.0513. The molecule has 2 heteroatoms. The van der Waals surface area contributed by atoms with Crippen LogP contribution in [0.5, 0.6) is 0 Å². The molecule has 3 fully saturated rings. The van der Waals surface area contributed by atoms with Gasteiger partial charge in [-0.25, -0.2) is 0 Å². The first-order chi connectivity index (χ1) is 8.86. The van der Waals surface area contributed by atoms with E-state index in [1.54, 1.807) is 0 Å². The SMILES string of the molecule is OC1CCCCCCC1N1CCCC2CCCC21. The van der Waals surface area contributed by atoms with E-state index in [0.29, 0.717) is 6.04 Å². The summed E-state index contributed by atoms with van der Waals surface area (Å²) in [5, 5.41) is 10.5. The topological polar surface area (TPSA) is 23.5 Å². The summed E-state index contributed by atoms with van der Waals surface area (Å²) in [5.41, 5.74) is 0. The van der Waals surface area contributed by atoms with Crippen molar-refractivity contribution in [2.45, 2.75) is 88.8 Å². The highest BCUT2D eigenvalue weighted by atomic mass is 16.3. The van der Waals surface area contributed by atoms with Gasteiger partial charge in [0, 0.05) is 12.1 Å². The Morgan fingerprint density at radius 3 is 2.28 bits per heavy atom. The smallest absolute Gasteiger partial charge is 0.0695 e. The molecule has 4 unspecified atom stereocenters. The molecule has 0 amide bonds. The number of piperidine rings is 1. The van der Waals surface area contributed by atoms with E-state index in [0.717, 1.165) is 18.4 Å². The predicted molar refractivity (Wildman–Crippen MR) is 74.6 cm³/mol. The van der Waals surface area contributed by atoms with Crippen LogP contribution in [-0.4, -0.2) is 34.7 Å². The van der Waals surface area contributed by atoms with E-state index in [-0.39, 0.29) is 6.10 Å². The van der Waals surface area contributed by atoms with Crippen LogP contribution in [0.15, 0.2) is 0 Å². The summed E-state index contributed by atoms with van der Waals surface area (Å²) >= 11 is 0. The van der Waals surface area contributed by atoms with Crippen LogP contribution >= 0.6 is 0 Å². The van der Waals surface area contributed by atoms with Crippen molar-refractivity contribution in [3.05, 3.63) is 0 Å². The van der Waals surface area contributed by atoms with Gasteiger partial charge in [-0.2, -0.15) is 0 Å². The van der Waals surface area contributed by atoms with Gasteiger partial charge >= 0.3 is 0 Å². The fourth-order valence-electron chi connectivity index (χ4n) is 4.74. The largest absolute Gasteiger partial charge is 0.391 e. The van der Waals surface area contributed by atoms with Crippen molar-refractivity contribution >= 4 is 0 Å². The van der Waals surface area contributed by atoms with Crippen LogP contribution in [0.4, 0.5) is 0 Å². The van der Waals surface area contributed by atoms with Crippen LogP contribution in [0.25, 0.3) is 0 Å². The maximum absolute atomic E-state index is 10.5. The molecule has 0 aromatic rings. The van der Waals surface area contributed by atoms with Gasteiger partial charge in [0.15, 0.2) is 0 Å². The molecule has 0 aromatic carbocycles. The Morgan fingerprint density at radius 1 is 0.667 bits per heavy atom. The average molecular weight is 251 g/mol. The Morgan fingerprint density at radius 2 is 1.39 bits per heavy atom. The highest BCUT2D eigenvalue weighted by Gasteiger charge is 2.39. The molecule has 0 spiro atoms. The van der Waals surface area contributed by atoms with E-state index in [1.165, 1.54) is 70.8 Å². The first-order valence-corrected chi connectivity index (χ1v) is 8.30.